The van der Waals surface area contributed by atoms with E-state index in [0.717, 1.165) is 38.2 Å². The van der Waals surface area contributed by atoms with E-state index in [9.17, 15) is 9.59 Å². The predicted octanol–water partition coefficient (Wildman–Crippen LogP) is 1.50. The average Bonchev–Trinajstić information content (AvgIpc) is 3.10. The normalized spacial score (nSPS) is 21.0. The maximum Gasteiger partial charge on any atom is 0.222 e. The van der Waals surface area contributed by atoms with Crippen LogP contribution in [-0.2, 0) is 20.9 Å². The molecular formula is C18H28N4O3. The number of ether oxygens (including phenoxy) is 1. The molecule has 138 valence electrons. The first-order valence-electron chi connectivity index (χ1n) is 9.32. The van der Waals surface area contributed by atoms with Crippen LogP contribution in [-0.4, -0.2) is 52.8 Å². The third kappa shape index (κ3) is 4.60. The fourth-order valence-electron chi connectivity index (χ4n) is 3.60. The Hall–Kier alpha value is -1.89. The molecule has 3 rings (SSSR count). The van der Waals surface area contributed by atoms with Gasteiger partial charge in [-0.2, -0.15) is 5.10 Å². The molecule has 0 spiro atoms. The standard InChI is InChI=1S/C18H28N4O3/c1-2-3-18(24)21-12-15-4-7-20-22(15)16(13-21)10-17(23)19-11-14-5-8-25-9-6-14/h4,7,14,16H,2-3,5-6,8-13H2,1H3,(H,19,23). The van der Waals surface area contributed by atoms with Crippen LogP contribution < -0.4 is 5.32 Å². The number of nitrogens with one attached hydrogen (secondary N) is 1. The first kappa shape index (κ1) is 17.9. The van der Waals surface area contributed by atoms with Crippen LogP contribution in [0.4, 0.5) is 0 Å². The zero-order chi connectivity index (χ0) is 17.6. The van der Waals surface area contributed by atoms with E-state index in [1.54, 1.807) is 6.20 Å². The minimum absolute atomic E-state index is 0.0303. The maximum absolute atomic E-state index is 12.4. The van der Waals surface area contributed by atoms with Gasteiger partial charge in [-0.1, -0.05) is 6.92 Å². The fourth-order valence-corrected chi connectivity index (χ4v) is 3.60. The van der Waals surface area contributed by atoms with E-state index in [1.807, 2.05) is 22.6 Å². The molecule has 25 heavy (non-hydrogen) atoms. The molecule has 7 nitrogen and oxygen atoms in total. The van der Waals surface area contributed by atoms with Crippen molar-refractivity contribution in [3.8, 4) is 0 Å². The van der Waals surface area contributed by atoms with Crippen LogP contribution >= 0.6 is 0 Å². The monoisotopic (exact) mass is 348 g/mol. The number of hydrogen-bond donors (Lipinski definition) is 1. The van der Waals surface area contributed by atoms with Crippen molar-refractivity contribution in [3.63, 3.8) is 0 Å². The van der Waals surface area contributed by atoms with Gasteiger partial charge in [-0.15, -0.1) is 0 Å². The number of rotatable bonds is 6. The molecule has 2 aliphatic rings. The molecule has 1 N–H and O–H groups in total. The van der Waals surface area contributed by atoms with Crippen molar-refractivity contribution in [1.82, 2.24) is 20.0 Å². The Bertz CT molecular complexity index is 595. The number of fused-ring (bicyclic) bond motifs is 1. The molecule has 7 heteroatoms. The molecule has 0 radical (unpaired) electrons. The Morgan fingerprint density at radius 3 is 2.92 bits per heavy atom. The van der Waals surface area contributed by atoms with Crippen molar-refractivity contribution in [2.45, 2.75) is 51.6 Å². The molecule has 3 heterocycles. The van der Waals surface area contributed by atoms with Crippen molar-refractivity contribution >= 4 is 11.8 Å². The number of hydrogen-bond acceptors (Lipinski definition) is 4. The molecule has 2 aliphatic heterocycles. The fraction of sp³-hybridized carbons (Fsp3) is 0.722. The minimum atomic E-state index is -0.0887. The summed E-state index contributed by atoms with van der Waals surface area (Å²) in [5.41, 5.74) is 0.998. The van der Waals surface area contributed by atoms with Crippen LogP contribution in [0.3, 0.4) is 0 Å². The highest BCUT2D eigenvalue weighted by Gasteiger charge is 2.29. The topological polar surface area (TPSA) is 76.5 Å². The predicted molar refractivity (Wildman–Crippen MR) is 92.8 cm³/mol. The quantitative estimate of drug-likeness (QED) is 0.845. The van der Waals surface area contributed by atoms with Gasteiger partial charge >= 0.3 is 0 Å². The zero-order valence-electron chi connectivity index (χ0n) is 14.9. The van der Waals surface area contributed by atoms with Crippen LogP contribution in [0.5, 0.6) is 0 Å². The van der Waals surface area contributed by atoms with Gasteiger partial charge in [-0.05, 0) is 31.2 Å². The van der Waals surface area contributed by atoms with E-state index < -0.39 is 0 Å². The third-order valence-electron chi connectivity index (χ3n) is 5.05. The molecule has 0 saturated carbocycles. The van der Waals surface area contributed by atoms with Gasteiger partial charge in [0.25, 0.3) is 0 Å². The van der Waals surface area contributed by atoms with Crippen LogP contribution in [0.2, 0.25) is 0 Å². The van der Waals surface area contributed by atoms with Gasteiger partial charge in [-0.25, -0.2) is 0 Å². The lowest BCUT2D eigenvalue weighted by atomic mass is 10.0. The van der Waals surface area contributed by atoms with E-state index in [0.29, 0.717) is 38.4 Å². The molecule has 0 aliphatic carbocycles. The van der Waals surface area contributed by atoms with E-state index in [2.05, 4.69) is 10.4 Å². The highest BCUT2D eigenvalue weighted by Crippen LogP contribution is 2.24. The van der Waals surface area contributed by atoms with Crippen LogP contribution in [0, 0.1) is 5.92 Å². The molecule has 0 bridgehead atoms. The lowest BCUT2D eigenvalue weighted by molar-refractivity contribution is -0.134. The SMILES string of the molecule is CCCC(=O)N1Cc2ccnn2C(CC(=O)NCC2CCOCC2)C1. The molecular weight excluding hydrogens is 320 g/mol. The van der Waals surface area contributed by atoms with Crippen LogP contribution in [0.25, 0.3) is 0 Å². The lowest BCUT2D eigenvalue weighted by Crippen LogP contribution is -2.43. The minimum Gasteiger partial charge on any atom is -0.381 e. The van der Waals surface area contributed by atoms with Crippen molar-refractivity contribution in [3.05, 3.63) is 18.0 Å². The first-order chi connectivity index (χ1) is 12.2. The Kier molecular flexibility index (Phi) is 6.07. The summed E-state index contributed by atoms with van der Waals surface area (Å²) in [5.74, 6) is 0.692. The Morgan fingerprint density at radius 2 is 2.16 bits per heavy atom. The Morgan fingerprint density at radius 1 is 1.36 bits per heavy atom. The number of carbonyl (C=O) groups is 2. The van der Waals surface area contributed by atoms with Gasteiger partial charge in [0, 0.05) is 38.9 Å². The van der Waals surface area contributed by atoms with Gasteiger partial charge in [0.15, 0.2) is 0 Å². The van der Waals surface area contributed by atoms with Gasteiger partial charge in [-0.3, -0.25) is 14.3 Å². The van der Waals surface area contributed by atoms with Crippen molar-refractivity contribution in [2.24, 2.45) is 5.92 Å². The van der Waals surface area contributed by atoms with E-state index >= 15 is 0 Å². The summed E-state index contributed by atoms with van der Waals surface area (Å²) < 4.78 is 7.26. The summed E-state index contributed by atoms with van der Waals surface area (Å²) in [6.45, 7) is 5.42. The molecule has 1 aromatic rings. The number of nitrogens with zero attached hydrogens (tertiary/aromatic N) is 3. The Balaban J connectivity index is 1.56. The second-order valence-electron chi connectivity index (χ2n) is 7.01. The van der Waals surface area contributed by atoms with Crippen molar-refractivity contribution < 1.29 is 14.3 Å². The van der Waals surface area contributed by atoms with Crippen LogP contribution in [0.1, 0.15) is 50.8 Å². The summed E-state index contributed by atoms with van der Waals surface area (Å²) >= 11 is 0. The smallest absolute Gasteiger partial charge is 0.222 e. The molecule has 1 aromatic heterocycles. The summed E-state index contributed by atoms with van der Waals surface area (Å²) in [6.07, 6.45) is 5.50. The molecule has 2 amide bonds. The van der Waals surface area contributed by atoms with Crippen molar-refractivity contribution in [2.75, 3.05) is 26.3 Å². The summed E-state index contributed by atoms with van der Waals surface area (Å²) in [4.78, 5) is 26.5. The van der Waals surface area contributed by atoms with Crippen LogP contribution in [0.15, 0.2) is 12.3 Å². The van der Waals surface area contributed by atoms with Gasteiger partial charge in [0.2, 0.25) is 11.8 Å². The maximum atomic E-state index is 12.4. The van der Waals surface area contributed by atoms with E-state index in [4.69, 9.17) is 4.74 Å². The highest BCUT2D eigenvalue weighted by atomic mass is 16.5. The number of aromatic nitrogens is 2. The summed E-state index contributed by atoms with van der Waals surface area (Å²) in [7, 11) is 0. The summed E-state index contributed by atoms with van der Waals surface area (Å²) in [5, 5.41) is 7.42. The molecule has 1 saturated heterocycles. The van der Waals surface area contributed by atoms with Gasteiger partial charge < -0.3 is 15.0 Å². The van der Waals surface area contributed by atoms with E-state index in [1.165, 1.54) is 0 Å². The highest BCUT2D eigenvalue weighted by molar-refractivity contribution is 5.78. The average molecular weight is 348 g/mol. The Labute approximate surface area is 148 Å². The molecule has 0 aromatic carbocycles. The third-order valence-corrected chi connectivity index (χ3v) is 5.05. The van der Waals surface area contributed by atoms with E-state index in [-0.39, 0.29) is 17.9 Å². The number of carbonyl (C=O) groups excluding carboxylic acids is 2. The van der Waals surface area contributed by atoms with Gasteiger partial charge in [0.05, 0.1) is 24.7 Å². The molecule has 1 unspecified atom stereocenters. The van der Waals surface area contributed by atoms with Crippen molar-refractivity contribution in [1.29, 1.82) is 0 Å². The second-order valence-corrected chi connectivity index (χ2v) is 7.01. The molecule has 1 fully saturated rings. The lowest BCUT2D eigenvalue weighted by Gasteiger charge is -2.34. The largest absolute Gasteiger partial charge is 0.381 e. The number of amides is 2. The van der Waals surface area contributed by atoms with Gasteiger partial charge in [0.1, 0.15) is 0 Å². The second kappa shape index (κ2) is 8.47. The molecule has 1 atom stereocenters. The zero-order valence-corrected chi connectivity index (χ0v) is 14.9. The first-order valence-corrected chi connectivity index (χ1v) is 9.32. The summed E-state index contributed by atoms with van der Waals surface area (Å²) in [6, 6.07) is 1.84.